The average Bonchev–Trinajstić information content (AvgIpc) is 3.40. The third-order valence-corrected chi connectivity index (χ3v) is 4.23. The molecule has 0 saturated carbocycles. The van der Waals surface area contributed by atoms with Crippen molar-refractivity contribution >= 4 is 6.03 Å². The lowest BCUT2D eigenvalue weighted by Crippen LogP contribution is -2.39. The van der Waals surface area contributed by atoms with Crippen LogP contribution >= 0.6 is 0 Å². The molecule has 0 radical (unpaired) electrons. The van der Waals surface area contributed by atoms with Crippen molar-refractivity contribution in [3.63, 3.8) is 0 Å². The van der Waals surface area contributed by atoms with E-state index in [1.165, 1.54) is 0 Å². The van der Waals surface area contributed by atoms with Gasteiger partial charge in [-0.15, -0.1) is 0 Å². The molecule has 2 N–H and O–H groups in total. The molecule has 10 heteroatoms. The second kappa shape index (κ2) is 6.90. The van der Waals surface area contributed by atoms with Gasteiger partial charge < -0.3 is 14.7 Å². The number of rotatable bonds is 4. The Balaban J connectivity index is 1.39. The summed E-state index contributed by atoms with van der Waals surface area (Å²) in [5.41, 5.74) is 1.36. The van der Waals surface area contributed by atoms with E-state index in [-0.39, 0.29) is 18.6 Å². The molecule has 1 fully saturated rings. The highest BCUT2D eigenvalue weighted by molar-refractivity contribution is 5.75. The predicted molar refractivity (Wildman–Crippen MR) is 89.6 cm³/mol. The standard InChI is InChI=1S/C16H18N8O2/c1-10-7-11(23-26-10)13-3-2-6-24(13)16(25)19-9-14-20-15(22-21-14)12-8-17-4-5-18-12/h4-5,7-8,13H,2-3,6,9H2,1H3,(H,19,25)(H,20,21,22)/t13-/m0/s1. The van der Waals surface area contributed by atoms with Crippen LogP contribution in [0.2, 0.25) is 0 Å². The van der Waals surface area contributed by atoms with E-state index in [0.29, 0.717) is 23.9 Å². The van der Waals surface area contributed by atoms with Crippen LogP contribution in [-0.4, -0.2) is 47.8 Å². The van der Waals surface area contributed by atoms with Gasteiger partial charge in [0.15, 0.2) is 0 Å². The van der Waals surface area contributed by atoms with Crippen LogP contribution in [0.5, 0.6) is 0 Å². The molecule has 10 nitrogen and oxygen atoms in total. The van der Waals surface area contributed by atoms with Crippen LogP contribution in [0.25, 0.3) is 11.5 Å². The second-order valence-electron chi connectivity index (χ2n) is 6.07. The first-order valence-electron chi connectivity index (χ1n) is 8.36. The van der Waals surface area contributed by atoms with E-state index in [4.69, 9.17) is 4.52 Å². The predicted octanol–water partition coefficient (Wildman–Crippen LogP) is 1.60. The summed E-state index contributed by atoms with van der Waals surface area (Å²) in [6, 6.07) is 1.66. The SMILES string of the molecule is Cc1cc([C@@H]2CCCN2C(=O)NCc2nc(-c3cnccn3)n[nH]2)no1. The molecule has 134 valence electrons. The monoisotopic (exact) mass is 354 g/mol. The van der Waals surface area contributed by atoms with Crippen LogP contribution in [-0.2, 0) is 6.54 Å². The first kappa shape index (κ1) is 16.2. The number of nitrogens with zero attached hydrogens (tertiary/aromatic N) is 6. The van der Waals surface area contributed by atoms with Crippen molar-refractivity contribution in [1.29, 1.82) is 0 Å². The van der Waals surface area contributed by atoms with Gasteiger partial charge >= 0.3 is 6.03 Å². The Morgan fingerprint density at radius 2 is 2.38 bits per heavy atom. The molecule has 0 unspecified atom stereocenters. The van der Waals surface area contributed by atoms with Gasteiger partial charge in [-0.25, -0.2) is 14.8 Å². The zero-order valence-electron chi connectivity index (χ0n) is 14.2. The molecule has 4 heterocycles. The topological polar surface area (TPSA) is 126 Å². The minimum atomic E-state index is -0.161. The molecule has 3 aromatic rings. The van der Waals surface area contributed by atoms with Crippen molar-refractivity contribution in [3.05, 3.63) is 41.9 Å². The normalized spacial score (nSPS) is 16.8. The molecule has 1 aliphatic heterocycles. The van der Waals surface area contributed by atoms with Crippen LogP contribution in [0.4, 0.5) is 4.79 Å². The fourth-order valence-corrected chi connectivity index (χ4v) is 3.02. The summed E-state index contributed by atoms with van der Waals surface area (Å²) in [5.74, 6) is 1.73. The molecule has 1 aliphatic rings. The van der Waals surface area contributed by atoms with Crippen molar-refractivity contribution in [3.8, 4) is 11.5 Å². The largest absolute Gasteiger partial charge is 0.361 e. The van der Waals surface area contributed by atoms with E-state index in [2.05, 4.69) is 35.6 Å². The summed E-state index contributed by atoms with van der Waals surface area (Å²) in [4.78, 5) is 26.8. The van der Waals surface area contributed by atoms with Gasteiger partial charge in [0.05, 0.1) is 18.8 Å². The zero-order chi connectivity index (χ0) is 17.9. The molecule has 0 spiro atoms. The van der Waals surface area contributed by atoms with E-state index < -0.39 is 0 Å². The molecule has 1 atom stereocenters. The lowest BCUT2D eigenvalue weighted by molar-refractivity contribution is 0.190. The van der Waals surface area contributed by atoms with Crippen LogP contribution in [0.1, 0.15) is 36.2 Å². The number of aromatic nitrogens is 6. The van der Waals surface area contributed by atoms with Crippen LogP contribution in [0.15, 0.2) is 29.2 Å². The van der Waals surface area contributed by atoms with E-state index in [9.17, 15) is 4.79 Å². The van der Waals surface area contributed by atoms with E-state index in [1.807, 2.05) is 13.0 Å². The summed E-state index contributed by atoms with van der Waals surface area (Å²) in [6.45, 7) is 2.77. The minimum absolute atomic E-state index is 0.0580. The Bertz CT molecular complexity index is 891. The Kier molecular flexibility index (Phi) is 4.30. The number of likely N-dealkylation sites (tertiary alicyclic amines) is 1. The molecule has 1 saturated heterocycles. The van der Waals surface area contributed by atoms with Crippen LogP contribution in [0, 0.1) is 6.92 Å². The Morgan fingerprint density at radius 3 is 3.15 bits per heavy atom. The van der Waals surface area contributed by atoms with Gasteiger partial charge in [-0.2, -0.15) is 5.10 Å². The van der Waals surface area contributed by atoms with E-state index in [0.717, 1.165) is 24.3 Å². The molecule has 0 aromatic carbocycles. The Morgan fingerprint density at radius 1 is 1.46 bits per heavy atom. The molecule has 3 aromatic heterocycles. The number of hydrogen-bond donors (Lipinski definition) is 2. The second-order valence-corrected chi connectivity index (χ2v) is 6.07. The third kappa shape index (κ3) is 3.25. The first-order chi connectivity index (χ1) is 12.7. The molecular formula is C16H18N8O2. The maximum atomic E-state index is 12.6. The minimum Gasteiger partial charge on any atom is -0.361 e. The zero-order valence-corrected chi connectivity index (χ0v) is 14.2. The van der Waals surface area contributed by atoms with Crippen molar-refractivity contribution < 1.29 is 9.32 Å². The van der Waals surface area contributed by atoms with Gasteiger partial charge in [0.25, 0.3) is 0 Å². The Hall–Kier alpha value is -3.30. The van der Waals surface area contributed by atoms with Crippen LogP contribution in [0.3, 0.4) is 0 Å². The average molecular weight is 354 g/mol. The molecule has 0 bridgehead atoms. The summed E-state index contributed by atoms with van der Waals surface area (Å²) < 4.78 is 5.14. The molecule has 2 amide bonds. The lowest BCUT2D eigenvalue weighted by atomic mass is 10.1. The summed E-state index contributed by atoms with van der Waals surface area (Å²) >= 11 is 0. The summed E-state index contributed by atoms with van der Waals surface area (Å²) in [7, 11) is 0. The third-order valence-electron chi connectivity index (χ3n) is 4.23. The van der Waals surface area contributed by atoms with Crippen molar-refractivity contribution in [2.24, 2.45) is 0 Å². The number of carbonyl (C=O) groups excluding carboxylic acids is 1. The maximum Gasteiger partial charge on any atom is 0.318 e. The highest BCUT2D eigenvalue weighted by Gasteiger charge is 2.32. The van der Waals surface area contributed by atoms with Crippen molar-refractivity contribution in [2.45, 2.75) is 32.4 Å². The van der Waals surface area contributed by atoms with Gasteiger partial charge in [-0.1, -0.05) is 5.16 Å². The molecule has 4 rings (SSSR count). The Labute approximate surface area is 149 Å². The van der Waals surface area contributed by atoms with Crippen LogP contribution < -0.4 is 5.32 Å². The summed E-state index contributed by atoms with van der Waals surface area (Å²) in [6.07, 6.45) is 6.55. The number of carbonyl (C=O) groups is 1. The number of urea groups is 1. The lowest BCUT2D eigenvalue weighted by Gasteiger charge is -2.23. The van der Waals surface area contributed by atoms with Crippen molar-refractivity contribution in [1.82, 2.24) is 40.5 Å². The first-order valence-corrected chi connectivity index (χ1v) is 8.36. The fraction of sp³-hybridized carbons (Fsp3) is 0.375. The highest BCUT2D eigenvalue weighted by atomic mass is 16.5. The number of amides is 2. The van der Waals surface area contributed by atoms with Gasteiger partial charge in [0.1, 0.15) is 23.0 Å². The quantitative estimate of drug-likeness (QED) is 0.729. The maximum absolute atomic E-state index is 12.6. The molecule has 26 heavy (non-hydrogen) atoms. The van der Waals surface area contributed by atoms with Gasteiger partial charge in [-0.3, -0.25) is 10.1 Å². The number of nitrogens with one attached hydrogen (secondary N) is 2. The highest BCUT2D eigenvalue weighted by Crippen LogP contribution is 2.31. The van der Waals surface area contributed by atoms with Gasteiger partial charge in [0.2, 0.25) is 5.82 Å². The number of H-pyrrole nitrogens is 1. The number of hydrogen-bond acceptors (Lipinski definition) is 7. The number of aryl methyl sites for hydroxylation is 1. The smallest absolute Gasteiger partial charge is 0.318 e. The summed E-state index contributed by atoms with van der Waals surface area (Å²) in [5, 5.41) is 13.8. The fourth-order valence-electron chi connectivity index (χ4n) is 3.02. The molecular weight excluding hydrogens is 336 g/mol. The van der Waals surface area contributed by atoms with Crippen molar-refractivity contribution in [2.75, 3.05) is 6.54 Å². The van der Waals surface area contributed by atoms with Gasteiger partial charge in [-0.05, 0) is 19.8 Å². The molecule has 0 aliphatic carbocycles. The number of aromatic amines is 1. The van der Waals surface area contributed by atoms with E-state index in [1.54, 1.807) is 23.5 Å². The van der Waals surface area contributed by atoms with Gasteiger partial charge in [0, 0.05) is 25.0 Å². The van der Waals surface area contributed by atoms with E-state index >= 15 is 0 Å².